The molecule has 4 aromatic rings. The molecule has 1 unspecified atom stereocenters. The van der Waals surface area contributed by atoms with Crippen LogP contribution in [0.1, 0.15) is 25.0 Å². The van der Waals surface area contributed by atoms with Gasteiger partial charge in [0.1, 0.15) is 5.82 Å². The highest BCUT2D eigenvalue weighted by molar-refractivity contribution is 8.00. The first-order valence-corrected chi connectivity index (χ1v) is 11.8. The highest BCUT2D eigenvalue weighted by Crippen LogP contribution is 2.26. The lowest BCUT2D eigenvalue weighted by Crippen LogP contribution is -2.36. The second kappa shape index (κ2) is 10.0. The van der Waals surface area contributed by atoms with Crippen LogP contribution in [0.2, 0.25) is 0 Å². The maximum Gasteiger partial charge on any atom is 0.267 e. The highest BCUT2D eigenvalue weighted by atomic mass is 32.2. The molecule has 2 aromatic heterocycles. The van der Waals surface area contributed by atoms with Crippen LogP contribution in [0.15, 0.2) is 82.9 Å². The lowest BCUT2D eigenvalue weighted by Gasteiger charge is -2.24. The van der Waals surface area contributed by atoms with Crippen LogP contribution >= 0.6 is 11.8 Å². The summed E-state index contributed by atoms with van der Waals surface area (Å²) in [6.45, 7) is 6.91. The van der Waals surface area contributed by atoms with Crippen molar-refractivity contribution < 1.29 is 4.79 Å². The third-order valence-corrected chi connectivity index (χ3v) is 6.45. The number of hydrogen-bond acceptors (Lipinski definition) is 5. The number of rotatable bonds is 7. The number of aryl methyl sites for hydroxylation is 1. The van der Waals surface area contributed by atoms with Gasteiger partial charge in [0.25, 0.3) is 5.56 Å². The van der Waals surface area contributed by atoms with E-state index >= 15 is 0 Å². The van der Waals surface area contributed by atoms with E-state index in [4.69, 9.17) is 4.98 Å². The van der Waals surface area contributed by atoms with Crippen LogP contribution < -0.4 is 5.56 Å². The van der Waals surface area contributed by atoms with Crippen molar-refractivity contribution in [2.24, 2.45) is 0 Å². The van der Waals surface area contributed by atoms with Crippen LogP contribution in [0, 0.1) is 6.92 Å². The summed E-state index contributed by atoms with van der Waals surface area (Å²) in [5.74, 6) is 0.486. The second-order valence-electron chi connectivity index (χ2n) is 7.84. The minimum atomic E-state index is -0.432. The first kappa shape index (κ1) is 22.7. The van der Waals surface area contributed by atoms with E-state index in [1.165, 1.54) is 16.3 Å². The number of carbonyl (C=O) groups excluding carboxylic acids is 1. The molecule has 2 aromatic carbocycles. The lowest BCUT2D eigenvalue weighted by atomic mass is 10.2. The molecule has 6 nitrogen and oxygen atoms in total. The van der Waals surface area contributed by atoms with Gasteiger partial charge in [-0.25, -0.2) is 14.5 Å². The number of carbonyl (C=O) groups is 1. The number of para-hydroxylation sites is 1. The van der Waals surface area contributed by atoms with Crippen LogP contribution in [0.4, 0.5) is 0 Å². The first-order valence-electron chi connectivity index (χ1n) is 10.9. The Balaban J connectivity index is 1.69. The van der Waals surface area contributed by atoms with E-state index in [0.29, 0.717) is 35.0 Å². The van der Waals surface area contributed by atoms with Crippen molar-refractivity contribution in [2.45, 2.75) is 37.7 Å². The average molecular weight is 459 g/mol. The SMILES string of the molecule is CCN(Cc1ccccc1)C(=O)C(C)Sc1nc2ccccc2c(=O)n1-c1ccc(C)cn1. The van der Waals surface area contributed by atoms with Crippen molar-refractivity contribution in [1.29, 1.82) is 0 Å². The van der Waals surface area contributed by atoms with Gasteiger partial charge < -0.3 is 4.90 Å². The van der Waals surface area contributed by atoms with Gasteiger partial charge in [0, 0.05) is 19.3 Å². The van der Waals surface area contributed by atoms with E-state index in [9.17, 15) is 9.59 Å². The Labute approximate surface area is 197 Å². The topological polar surface area (TPSA) is 68.1 Å². The summed E-state index contributed by atoms with van der Waals surface area (Å²) >= 11 is 1.28. The van der Waals surface area contributed by atoms with Gasteiger partial charge in [0.2, 0.25) is 5.91 Å². The van der Waals surface area contributed by atoms with Gasteiger partial charge in [-0.15, -0.1) is 0 Å². The summed E-state index contributed by atoms with van der Waals surface area (Å²) in [5, 5.41) is 0.535. The second-order valence-corrected chi connectivity index (χ2v) is 9.15. The van der Waals surface area contributed by atoms with Gasteiger partial charge in [-0.05, 0) is 50.1 Å². The number of amides is 1. The molecule has 4 rings (SSSR count). The quantitative estimate of drug-likeness (QED) is 0.299. The summed E-state index contributed by atoms with van der Waals surface area (Å²) < 4.78 is 1.50. The maximum absolute atomic E-state index is 13.4. The zero-order valence-electron chi connectivity index (χ0n) is 18.9. The molecule has 1 amide bonds. The standard InChI is InChI=1S/C26H26N4O2S/c1-4-29(17-20-10-6-5-7-11-20)24(31)19(3)33-26-28-22-13-9-8-12-21(22)25(32)30(26)23-15-14-18(2)16-27-23/h5-16,19H,4,17H2,1-3H3. The Hall–Kier alpha value is -3.45. The molecule has 0 aliphatic rings. The molecular formula is C26H26N4O2S. The summed E-state index contributed by atoms with van der Waals surface area (Å²) in [6.07, 6.45) is 1.72. The summed E-state index contributed by atoms with van der Waals surface area (Å²) in [5.41, 5.74) is 2.48. The molecule has 0 radical (unpaired) electrons. The number of benzene rings is 2. The molecule has 33 heavy (non-hydrogen) atoms. The predicted molar refractivity (Wildman–Crippen MR) is 133 cm³/mol. The maximum atomic E-state index is 13.4. The molecule has 0 aliphatic carbocycles. The smallest absolute Gasteiger partial charge is 0.267 e. The molecule has 2 heterocycles. The molecule has 0 saturated carbocycles. The van der Waals surface area contributed by atoms with Gasteiger partial charge >= 0.3 is 0 Å². The van der Waals surface area contributed by atoms with Gasteiger partial charge in [-0.2, -0.15) is 0 Å². The van der Waals surface area contributed by atoms with Crippen molar-refractivity contribution in [1.82, 2.24) is 19.4 Å². The zero-order valence-corrected chi connectivity index (χ0v) is 19.7. The van der Waals surface area contributed by atoms with E-state index in [2.05, 4.69) is 4.98 Å². The van der Waals surface area contributed by atoms with Gasteiger partial charge in [0.05, 0.1) is 16.2 Å². The van der Waals surface area contributed by atoms with Crippen LogP contribution in [-0.2, 0) is 11.3 Å². The van der Waals surface area contributed by atoms with Crippen LogP contribution in [0.5, 0.6) is 0 Å². The molecule has 0 N–H and O–H groups in total. The number of fused-ring (bicyclic) bond motifs is 1. The number of pyridine rings is 1. The molecule has 0 spiro atoms. The molecule has 168 valence electrons. The van der Waals surface area contributed by atoms with Gasteiger partial charge in [-0.1, -0.05) is 60.3 Å². The van der Waals surface area contributed by atoms with Crippen molar-refractivity contribution in [3.05, 3.63) is 94.4 Å². The minimum Gasteiger partial charge on any atom is -0.338 e. The fourth-order valence-electron chi connectivity index (χ4n) is 3.60. The highest BCUT2D eigenvalue weighted by Gasteiger charge is 2.24. The Bertz CT molecular complexity index is 1320. The van der Waals surface area contributed by atoms with Crippen molar-refractivity contribution in [2.75, 3.05) is 6.54 Å². The summed E-state index contributed by atoms with van der Waals surface area (Å²) in [7, 11) is 0. The fourth-order valence-corrected chi connectivity index (χ4v) is 4.60. The van der Waals surface area contributed by atoms with Crippen molar-refractivity contribution in [3.63, 3.8) is 0 Å². The monoisotopic (exact) mass is 458 g/mol. The zero-order chi connectivity index (χ0) is 23.4. The van der Waals surface area contributed by atoms with Crippen LogP contribution in [0.25, 0.3) is 16.7 Å². The predicted octanol–water partition coefficient (Wildman–Crippen LogP) is 4.62. The van der Waals surface area contributed by atoms with E-state index in [0.717, 1.165) is 11.1 Å². The van der Waals surface area contributed by atoms with Crippen molar-refractivity contribution >= 4 is 28.6 Å². The van der Waals surface area contributed by atoms with Crippen molar-refractivity contribution in [3.8, 4) is 5.82 Å². The summed E-state index contributed by atoms with van der Waals surface area (Å²) in [6, 6.07) is 20.9. The molecule has 0 saturated heterocycles. The van der Waals surface area contributed by atoms with Gasteiger partial charge in [-0.3, -0.25) is 9.59 Å². The number of nitrogens with zero attached hydrogens (tertiary/aromatic N) is 4. The number of hydrogen-bond donors (Lipinski definition) is 0. The van der Waals surface area contributed by atoms with Crippen LogP contribution in [-0.4, -0.2) is 37.1 Å². The van der Waals surface area contributed by atoms with E-state index in [1.807, 2.05) is 80.3 Å². The minimum absolute atomic E-state index is 0.00261. The van der Waals surface area contributed by atoms with Gasteiger partial charge in [0.15, 0.2) is 5.16 Å². The normalized spacial score (nSPS) is 12.0. The van der Waals surface area contributed by atoms with Crippen LogP contribution in [0.3, 0.4) is 0 Å². The number of thioether (sulfide) groups is 1. The molecule has 1 atom stereocenters. The third-order valence-electron chi connectivity index (χ3n) is 5.41. The summed E-state index contributed by atoms with van der Waals surface area (Å²) in [4.78, 5) is 37.7. The Kier molecular flexibility index (Phi) is 6.89. The first-order chi connectivity index (χ1) is 16.0. The molecule has 0 bridgehead atoms. The number of aromatic nitrogens is 3. The molecule has 0 aliphatic heterocycles. The molecular weight excluding hydrogens is 432 g/mol. The fraction of sp³-hybridized carbons (Fsp3) is 0.231. The lowest BCUT2D eigenvalue weighted by molar-refractivity contribution is -0.130. The Morgan fingerprint density at radius 2 is 1.79 bits per heavy atom. The average Bonchev–Trinajstić information content (AvgIpc) is 2.84. The molecule has 0 fully saturated rings. The molecule has 7 heteroatoms. The van der Waals surface area contributed by atoms with E-state index in [-0.39, 0.29) is 11.5 Å². The van der Waals surface area contributed by atoms with E-state index < -0.39 is 5.25 Å². The largest absolute Gasteiger partial charge is 0.338 e. The third kappa shape index (κ3) is 4.98. The Morgan fingerprint density at radius 1 is 1.06 bits per heavy atom. The van der Waals surface area contributed by atoms with E-state index in [1.54, 1.807) is 18.3 Å². The Morgan fingerprint density at radius 3 is 2.48 bits per heavy atom.